The van der Waals surface area contributed by atoms with Gasteiger partial charge in [-0.15, -0.1) is 0 Å². The van der Waals surface area contributed by atoms with Crippen LogP contribution in [0.5, 0.6) is 0 Å². The minimum absolute atomic E-state index is 0.0422. The van der Waals surface area contributed by atoms with Crippen LogP contribution in [-0.4, -0.2) is 0 Å². The van der Waals surface area contributed by atoms with E-state index >= 15 is 4.39 Å². The highest BCUT2D eigenvalue weighted by Gasteiger charge is 2.08. The maximum absolute atomic E-state index is 15.1. The summed E-state index contributed by atoms with van der Waals surface area (Å²) in [6.45, 7) is 2.21. The molecule has 162 valence electrons. The van der Waals surface area contributed by atoms with Crippen LogP contribution in [0.4, 0.5) is 8.78 Å². The van der Waals surface area contributed by atoms with Gasteiger partial charge in [-0.1, -0.05) is 74.1 Å². The zero-order chi connectivity index (χ0) is 23.2. The first-order valence-corrected chi connectivity index (χ1v) is 11.1. The molecule has 3 heteroatoms. The largest absolute Gasteiger partial charge is 0.206 e. The SMILES string of the molecule is CCCCCc1ccc(-c2ccc3c(F)c(C#Cc4ccc(C#N)c(F)c4)ccc3c2)cc1. The standard InChI is InChI=1S/C30H23F2N/c1-2-3-4-5-21-6-10-23(11-7-21)25-16-17-28-26(19-25)15-14-24(30(28)32)12-8-22-9-13-27(20-33)29(31)18-22/h6-7,9-11,13-19H,2-5H2,1H3. The van der Waals surface area contributed by atoms with E-state index < -0.39 is 11.6 Å². The highest BCUT2D eigenvalue weighted by molar-refractivity contribution is 5.89. The molecule has 0 fully saturated rings. The Labute approximate surface area is 193 Å². The van der Waals surface area contributed by atoms with Gasteiger partial charge in [-0.2, -0.15) is 5.26 Å². The van der Waals surface area contributed by atoms with Crippen molar-refractivity contribution in [3.8, 4) is 29.0 Å². The molecule has 0 aliphatic carbocycles. The van der Waals surface area contributed by atoms with Crippen molar-refractivity contribution in [3.63, 3.8) is 0 Å². The predicted molar refractivity (Wildman–Crippen MR) is 130 cm³/mol. The Balaban J connectivity index is 1.58. The van der Waals surface area contributed by atoms with Crippen molar-refractivity contribution in [2.75, 3.05) is 0 Å². The molecule has 0 aliphatic heterocycles. The topological polar surface area (TPSA) is 23.8 Å². The van der Waals surface area contributed by atoms with Gasteiger partial charge in [0.05, 0.1) is 11.1 Å². The Morgan fingerprint density at radius 2 is 1.52 bits per heavy atom. The van der Waals surface area contributed by atoms with Crippen LogP contribution in [0.2, 0.25) is 0 Å². The second-order valence-electron chi connectivity index (χ2n) is 8.07. The molecule has 0 spiro atoms. The van der Waals surface area contributed by atoms with E-state index in [2.05, 4.69) is 43.0 Å². The maximum atomic E-state index is 15.1. The number of nitriles is 1. The quantitative estimate of drug-likeness (QED) is 0.232. The summed E-state index contributed by atoms with van der Waals surface area (Å²) in [5.74, 6) is 4.53. The van der Waals surface area contributed by atoms with Gasteiger partial charge < -0.3 is 0 Å². The monoisotopic (exact) mass is 435 g/mol. The van der Waals surface area contributed by atoms with Crippen molar-refractivity contribution in [2.45, 2.75) is 32.6 Å². The average molecular weight is 436 g/mol. The van der Waals surface area contributed by atoms with Gasteiger partial charge in [0.25, 0.3) is 0 Å². The molecule has 4 aromatic rings. The van der Waals surface area contributed by atoms with Gasteiger partial charge in [0.15, 0.2) is 0 Å². The van der Waals surface area contributed by atoms with Crippen molar-refractivity contribution in [3.05, 3.63) is 107 Å². The van der Waals surface area contributed by atoms with Crippen LogP contribution in [0.3, 0.4) is 0 Å². The third kappa shape index (κ3) is 5.11. The van der Waals surface area contributed by atoms with Crippen molar-refractivity contribution in [1.82, 2.24) is 0 Å². The van der Waals surface area contributed by atoms with Crippen LogP contribution in [0.25, 0.3) is 21.9 Å². The van der Waals surface area contributed by atoms with Crippen molar-refractivity contribution < 1.29 is 8.78 Å². The first-order valence-electron chi connectivity index (χ1n) is 11.1. The van der Waals surface area contributed by atoms with Crippen molar-refractivity contribution in [2.24, 2.45) is 0 Å². The molecule has 0 N–H and O–H groups in total. The Kier molecular flexibility index (Phi) is 6.82. The van der Waals surface area contributed by atoms with Gasteiger partial charge in [0, 0.05) is 10.9 Å². The van der Waals surface area contributed by atoms with E-state index in [1.165, 1.54) is 37.0 Å². The molecule has 0 heterocycles. The summed E-state index contributed by atoms with van der Waals surface area (Å²) >= 11 is 0. The molecule has 0 saturated carbocycles. The van der Waals surface area contributed by atoms with E-state index in [0.29, 0.717) is 10.9 Å². The van der Waals surface area contributed by atoms with Gasteiger partial charge >= 0.3 is 0 Å². The van der Waals surface area contributed by atoms with Crippen LogP contribution >= 0.6 is 0 Å². The molecule has 0 atom stereocenters. The molecular weight excluding hydrogens is 412 g/mol. The zero-order valence-corrected chi connectivity index (χ0v) is 18.5. The minimum atomic E-state index is -0.634. The van der Waals surface area contributed by atoms with E-state index in [1.54, 1.807) is 24.3 Å². The molecule has 4 rings (SSSR count). The number of benzene rings is 4. The lowest BCUT2D eigenvalue weighted by Gasteiger charge is -2.08. The summed E-state index contributed by atoms with van der Waals surface area (Å²) in [6.07, 6.45) is 4.76. The van der Waals surface area contributed by atoms with Crippen molar-refractivity contribution >= 4 is 10.8 Å². The fraction of sp³-hybridized carbons (Fsp3) is 0.167. The normalized spacial score (nSPS) is 10.5. The molecule has 0 saturated heterocycles. The second-order valence-corrected chi connectivity index (χ2v) is 8.07. The molecule has 0 amide bonds. The maximum Gasteiger partial charge on any atom is 0.146 e. The van der Waals surface area contributed by atoms with Crippen LogP contribution in [0, 0.1) is 34.8 Å². The van der Waals surface area contributed by atoms with E-state index in [-0.39, 0.29) is 11.1 Å². The second kappa shape index (κ2) is 10.1. The number of aryl methyl sites for hydroxylation is 1. The molecule has 0 bridgehead atoms. The number of fused-ring (bicyclic) bond motifs is 1. The van der Waals surface area contributed by atoms with Crippen LogP contribution in [0.15, 0.2) is 72.8 Å². The molecule has 1 nitrogen and oxygen atoms in total. The Morgan fingerprint density at radius 3 is 2.24 bits per heavy atom. The summed E-state index contributed by atoms with van der Waals surface area (Å²) in [4.78, 5) is 0. The summed E-state index contributed by atoms with van der Waals surface area (Å²) in [7, 11) is 0. The zero-order valence-electron chi connectivity index (χ0n) is 18.5. The molecular formula is C30H23F2N. The van der Waals surface area contributed by atoms with Crippen LogP contribution in [0.1, 0.15) is 48.4 Å². The van der Waals surface area contributed by atoms with Crippen LogP contribution in [-0.2, 0) is 6.42 Å². The number of nitrogens with zero attached hydrogens (tertiary/aromatic N) is 1. The summed E-state index contributed by atoms with van der Waals surface area (Å²) in [5.41, 5.74) is 4.07. The van der Waals surface area contributed by atoms with Gasteiger partial charge in [0.1, 0.15) is 17.7 Å². The van der Waals surface area contributed by atoms with Crippen molar-refractivity contribution in [1.29, 1.82) is 5.26 Å². The fourth-order valence-corrected chi connectivity index (χ4v) is 3.83. The summed E-state index contributed by atoms with van der Waals surface area (Å²) in [6, 6.07) is 23.6. The smallest absolute Gasteiger partial charge is 0.146 e. The minimum Gasteiger partial charge on any atom is -0.206 e. The van der Waals surface area contributed by atoms with Gasteiger partial charge in [-0.25, -0.2) is 8.78 Å². The average Bonchev–Trinajstić information content (AvgIpc) is 2.84. The number of hydrogen-bond donors (Lipinski definition) is 0. The Hall–Kier alpha value is -3.95. The van der Waals surface area contributed by atoms with E-state index in [9.17, 15) is 4.39 Å². The number of halogens is 2. The Bertz CT molecular complexity index is 1400. The van der Waals surface area contributed by atoms with E-state index in [4.69, 9.17) is 5.26 Å². The third-order valence-electron chi connectivity index (χ3n) is 5.74. The summed E-state index contributed by atoms with van der Waals surface area (Å²) < 4.78 is 28.9. The lowest BCUT2D eigenvalue weighted by molar-refractivity contribution is 0.623. The first kappa shape index (κ1) is 22.3. The first-order chi connectivity index (χ1) is 16.1. The fourth-order valence-electron chi connectivity index (χ4n) is 3.83. The van der Waals surface area contributed by atoms with Gasteiger partial charge in [-0.3, -0.25) is 0 Å². The summed E-state index contributed by atoms with van der Waals surface area (Å²) in [5, 5.41) is 10.1. The molecule has 0 aromatic heterocycles. The molecule has 0 radical (unpaired) electrons. The van der Waals surface area contributed by atoms with Gasteiger partial charge in [0.2, 0.25) is 0 Å². The highest BCUT2D eigenvalue weighted by atomic mass is 19.1. The lowest BCUT2D eigenvalue weighted by Crippen LogP contribution is -1.89. The predicted octanol–water partition coefficient (Wildman–Crippen LogP) is 7.79. The molecule has 4 aromatic carbocycles. The number of unbranched alkanes of at least 4 members (excludes halogenated alkanes) is 2. The molecule has 33 heavy (non-hydrogen) atoms. The third-order valence-corrected chi connectivity index (χ3v) is 5.74. The van der Waals surface area contributed by atoms with E-state index in [1.807, 2.05) is 18.2 Å². The highest BCUT2D eigenvalue weighted by Crippen LogP contribution is 2.28. The molecule has 0 aliphatic rings. The van der Waals surface area contributed by atoms with E-state index in [0.717, 1.165) is 22.9 Å². The van der Waals surface area contributed by atoms with Crippen LogP contribution < -0.4 is 0 Å². The van der Waals surface area contributed by atoms with Gasteiger partial charge in [-0.05, 0) is 65.3 Å². The number of hydrogen-bond acceptors (Lipinski definition) is 1. The molecule has 0 unspecified atom stereocenters. The Morgan fingerprint density at radius 1 is 0.758 bits per heavy atom. The lowest BCUT2D eigenvalue weighted by atomic mass is 9.98. The number of rotatable bonds is 5.